The number of esters is 2. The molecule has 0 bridgehead atoms. The van der Waals surface area contributed by atoms with Gasteiger partial charge in [-0.1, -0.05) is 39.5 Å². The van der Waals surface area contributed by atoms with Crippen LogP contribution in [0, 0.1) is 0 Å². The highest BCUT2D eigenvalue weighted by Crippen LogP contribution is 2.04. The first kappa shape index (κ1) is 18.9. The number of hydrogen-bond donors (Lipinski definition) is 0. The Kier molecular flexibility index (Phi) is 13.6. The van der Waals surface area contributed by atoms with E-state index in [2.05, 4.69) is 13.8 Å². The fraction of sp³-hybridized carbons (Fsp3) is 0.875. The van der Waals surface area contributed by atoms with Gasteiger partial charge in [-0.05, 0) is 25.7 Å². The standard InChI is InChI=1S/C16H30O4/c1-3-5-9-13-19-15(17)11-7-8-12-16(18)20-14-10-6-4-2/h3-14H2,1-2H3. The van der Waals surface area contributed by atoms with Gasteiger partial charge >= 0.3 is 11.9 Å². The molecule has 0 aromatic rings. The van der Waals surface area contributed by atoms with Gasteiger partial charge in [0.05, 0.1) is 13.2 Å². The van der Waals surface area contributed by atoms with Crippen molar-refractivity contribution in [2.75, 3.05) is 13.2 Å². The molecule has 4 heteroatoms. The van der Waals surface area contributed by atoms with Crippen molar-refractivity contribution >= 4 is 11.9 Å². The second-order valence-corrected chi connectivity index (χ2v) is 5.06. The van der Waals surface area contributed by atoms with Crippen LogP contribution < -0.4 is 0 Å². The Labute approximate surface area is 123 Å². The van der Waals surface area contributed by atoms with Crippen LogP contribution in [-0.4, -0.2) is 25.2 Å². The second kappa shape index (κ2) is 14.4. The smallest absolute Gasteiger partial charge is 0.305 e. The predicted octanol–water partition coefficient (Wildman–Crippen LogP) is 4.01. The van der Waals surface area contributed by atoms with E-state index in [-0.39, 0.29) is 11.9 Å². The highest BCUT2D eigenvalue weighted by Gasteiger charge is 2.05. The maximum Gasteiger partial charge on any atom is 0.305 e. The van der Waals surface area contributed by atoms with Gasteiger partial charge < -0.3 is 9.47 Å². The lowest BCUT2D eigenvalue weighted by Gasteiger charge is -2.05. The Hall–Kier alpha value is -1.06. The highest BCUT2D eigenvalue weighted by atomic mass is 16.5. The monoisotopic (exact) mass is 286 g/mol. The molecule has 0 rings (SSSR count). The van der Waals surface area contributed by atoms with Crippen molar-refractivity contribution in [3.05, 3.63) is 0 Å². The van der Waals surface area contributed by atoms with Gasteiger partial charge in [0.1, 0.15) is 0 Å². The normalized spacial score (nSPS) is 10.3. The van der Waals surface area contributed by atoms with E-state index >= 15 is 0 Å². The third-order valence-electron chi connectivity index (χ3n) is 3.03. The van der Waals surface area contributed by atoms with Crippen molar-refractivity contribution in [3.63, 3.8) is 0 Å². The van der Waals surface area contributed by atoms with Crippen molar-refractivity contribution in [2.24, 2.45) is 0 Å². The molecule has 0 aliphatic carbocycles. The Morgan fingerprint density at radius 1 is 0.650 bits per heavy atom. The fourth-order valence-corrected chi connectivity index (χ4v) is 1.76. The Morgan fingerprint density at radius 2 is 1.05 bits per heavy atom. The highest BCUT2D eigenvalue weighted by molar-refractivity contribution is 5.70. The van der Waals surface area contributed by atoms with E-state index in [1.807, 2.05) is 0 Å². The quantitative estimate of drug-likeness (QED) is 0.379. The van der Waals surface area contributed by atoms with Crippen LogP contribution in [0.2, 0.25) is 0 Å². The maximum absolute atomic E-state index is 11.4. The number of unbranched alkanes of at least 4 members (excludes halogenated alkanes) is 5. The zero-order valence-electron chi connectivity index (χ0n) is 13.1. The van der Waals surface area contributed by atoms with Crippen LogP contribution >= 0.6 is 0 Å². The lowest BCUT2D eigenvalue weighted by molar-refractivity contribution is -0.146. The van der Waals surface area contributed by atoms with Gasteiger partial charge in [0.15, 0.2) is 0 Å². The summed E-state index contributed by atoms with van der Waals surface area (Å²) < 4.78 is 10.2. The molecule has 0 amide bonds. The number of ether oxygens (including phenoxy) is 2. The van der Waals surface area contributed by atoms with Gasteiger partial charge in [-0.15, -0.1) is 0 Å². The molecule has 0 saturated heterocycles. The first-order valence-corrected chi connectivity index (χ1v) is 8.02. The van der Waals surface area contributed by atoms with Crippen LogP contribution in [0.25, 0.3) is 0 Å². The third kappa shape index (κ3) is 13.4. The molecular formula is C16H30O4. The molecule has 0 unspecified atom stereocenters. The lowest BCUT2D eigenvalue weighted by atomic mass is 10.2. The van der Waals surface area contributed by atoms with Gasteiger partial charge in [-0.2, -0.15) is 0 Å². The molecule has 0 heterocycles. The number of hydrogen-bond acceptors (Lipinski definition) is 4. The zero-order valence-corrected chi connectivity index (χ0v) is 13.1. The summed E-state index contributed by atoms with van der Waals surface area (Å²) in [4.78, 5) is 22.7. The number of carbonyl (C=O) groups is 2. The van der Waals surface area contributed by atoms with Crippen LogP contribution in [0.1, 0.15) is 78.1 Å². The third-order valence-corrected chi connectivity index (χ3v) is 3.03. The largest absolute Gasteiger partial charge is 0.466 e. The van der Waals surface area contributed by atoms with E-state index in [1.165, 1.54) is 0 Å². The van der Waals surface area contributed by atoms with E-state index in [1.54, 1.807) is 0 Å². The summed E-state index contributed by atoms with van der Waals surface area (Å²) in [6.45, 7) is 5.27. The minimum Gasteiger partial charge on any atom is -0.466 e. The Bertz CT molecular complexity index is 225. The molecule has 0 atom stereocenters. The molecule has 0 N–H and O–H groups in total. The molecule has 118 valence electrons. The number of rotatable bonds is 13. The van der Waals surface area contributed by atoms with E-state index in [0.29, 0.717) is 38.9 Å². The van der Waals surface area contributed by atoms with E-state index < -0.39 is 0 Å². The van der Waals surface area contributed by atoms with Gasteiger partial charge in [0.25, 0.3) is 0 Å². The lowest BCUT2D eigenvalue weighted by Crippen LogP contribution is -2.08. The van der Waals surface area contributed by atoms with Crippen LogP contribution in [-0.2, 0) is 19.1 Å². The van der Waals surface area contributed by atoms with E-state index in [4.69, 9.17) is 9.47 Å². The average Bonchev–Trinajstić information content (AvgIpc) is 2.44. The summed E-state index contributed by atoms with van der Waals surface area (Å²) in [6.07, 6.45) is 8.49. The molecule has 0 aromatic carbocycles. The molecule has 0 spiro atoms. The van der Waals surface area contributed by atoms with Crippen molar-refractivity contribution < 1.29 is 19.1 Å². The Balaban J connectivity index is 3.32. The van der Waals surface area contributed by atoms with Crippen molar-refractivity contribution in [2.45, 2.75) is 78.1 Å². The minimum atomic E-state index is -0.155. The summed E-state index contributed by atoms with van der Waals surface area (Å²) >= 11 is 0. The summed E-state index contributed by atoms with van der Waals surface area (Å²) in [5.74, 6) is -0.310. The van der Waals surface area contributed by atoms with Crippen LogP contribution in [0.3, 0.4) is 0 Å². The van der Waals surface area contributed by atoms with Gasteiger partial charge in [0, 0.05) is 12.8 Å². The van der Waals surface area contributed by atoms with Gasteiger partial charge in [-0.3, -0.25) is 9.59 Å². The topological polar surface area (TPSA) is 52.6 Å². The zero-order chi connectivity index (χ0) is 15.1. The molecule has 4 nitrogen and oxygen atoms in total. The van der Waals surface area contributed by atoms with Crippen LogP contribution in [0.15, 0.2) is 0 Å². The van der Waals surface area contributed by atoms with Crippen molar-refractivity contribution in [1.29, 1.82) is 0 Å². The summed E-state index contributed by atoms with van der Waals surface area (Å²) in [6, 6.07) is 0. The molecule has 0 aromatic heterocycles. The Morgan fingerprint density at radius 3 is 1.40 bits per heavy atom. The summed E-state index contributed by atoms with van der Waals surface area (Å²) in [7, 11) is 0. The molecule has 0 saturated carbocycles. The maximum atomic E-state index is 11.4. The molecule has 0 radical (unpaired) electrons. The first-order valence-electron chi connectivity index (χ1n) is 8.02. The fourth-order valence-electron chi connectivity index (χ4n) is 1.76. The molecular weight excluding hydrogens is 256 g/mol. The van der Waals surface area contributed by atoms with Crippen molar-refractivity contribution in [3.8, 4) is 0 Å². The average molecular weight is 286 g/mol. The predicted molar refractivity (Wildman–Crippen MR) is 79.4 cm³/mol. The molecule has 0 aliphatic rings. The summed E-state index contributed by atoms with van der Waals surface area (Å²) in [5.41, 5.74) is 0. The van der Waals surface area contributed by atoms with Crippen LogP contribution in [0.4, 0.5) is 0 Å². The second-order valence-electron chi connectivity index (χ2n) is 5.06. The van der Waals surface area contributed by atoms with Gasteiger partial charge in [-0.25, -0.2) is 0 Å². The van der Waals surface area contributed by atoms with E-state index in [9.17, 15) is 9.59 Å². The molecule has 20 heavy (non-hydrogen) atoms. The van der Waals surface area contributed by atoms with E-state index in [0.717, 1.165) is 38.5 Å². The SMILES string of the molecule is CCCCCOC(=O)CCCCC(=O)OCCCCC. The molecule has 0 fully saturated rings. The first-order chi connectivity index (χ1) is 9.70. The summed E-state index contributed by atoms with van der Waals surface area (Å²) in [5, 5.41) is 0. The van der Waals surface area contributed by atoms with Crippen LogP contribution in [0.5, 0.6) is 0 Å². The van der Waals surface area contributed by atoms with Crippen molar-refractivity contribution in [1.82, 2.24) is 0 Å². The number of carbonyl (C=O) groups excluding carboxylic acids is 2. The minimum absolute atomic E-state index is 0.155. The molecule has 0 aliphatic heterocycles. The van der Waals surface area contributed by atoms with Gasteiger partial charge in [0.2, 0.25) is 0 Å².